The van der Waals surface area contributed by atoms with E-state index in [2.05, 4.69) is 31.7 Å². The number of halogens is 1. The Labute approximate surface area is 224 Å². The first-order valence-electron chi connectivity index (χ1n) is 13.7. The quantitative estimate of drug-likeness (QED) is 0.519. The number of piperazine rings is 1. The summed E-state index contributed by atoms with van der Waals surface area (Å²) in [4.78, 5) is 31.3. The molecule has 3 fully saturated rings. The Hall–Kier alpha value is -2.82. The Kier molecular flexibility index (Phi) is 8.71. The standard InChI is InChI=1S/C28H39FN6O3/c1-32-11-13-34(14-12-32)26(36)17-28(22-37-25-7-5-24(29)6-8-25)21-33(15-16-38-28)20-23-18-30-27(31-19-23)35-9-3-2-4-10-35/h5-8,18-19H,2-4,9-17,20-22H2,1H3. The maximum absolute atomic E-state index is 13.4. The molecule has 3 aliphatic heterocycles. The van der Waals surface area contributed by atoms with E-state index in [1.165, 1.54) is 31.4 Å². The third-order valence-electron chi connectivity index (χ3n) is 7.71. The maximum Gasteiger partial charge on any atom is 0.225 e. The summed E-state index contributed by atoms with van der Waals surface area (Å²) in [5, 5.41) is 0. The van der Waals surface area contributed by atoms with E-state index >= 15 is 0 Å². The molecule has 1 amide bonds. The lowest BCUT2D eigenvalue weighted by Gasteiger charge is -2.43. The van der Waals surface area contributed by atoms with Crippen LogP contribution < -0.4 is 9.64 Å². The van der Waals surface area contributed by atoms with Gasteiger partial charge < -0.3 is 24.2 Å². The van der Waals surface area contributed by atoms with Crippen LogP contribution in [-0.4, -0.2) is 109 Å². The molecular weight excluding hydrogens is 487 g/mol. The van der Waals surface area contributed by atoms with Gasteiger partial charge in [-0.25, -0.2) is 14.4 Å². The molecule has 5 rings (SSSR count). The van der Waals surface area contributed by atoms with Crippen LogP contribution in [0, 0.1) is 5.82 Å². The van der Waals surface area contributed by atoms with Gasteiger partial charge >= 0.3 is 0 Å². The van der Waals surface area contributed by atoms with Crippen LogP contribution in [0.25, 0.3) is 0 Å². The number of hydrogen-bond donors (Lipinski definition) is 0. The SMILES string of the molecule is CN1CCN(C(=O)CC2(COc3ccc(F)cc3)CN(Cc3cnc(N4CCCCC4)nc3)CCO2)CC1. The number of benzene rings is 1. The number of carbonyl (C=O) groups is 1. The molecule has 0 aliphatic carbocycles. The minimum absolute atomic E-state index is 0.0804. The van der Waals surface area contributed by atoms with Gasteiger partial charge in [-0.3, -0.25) is 9.69 Å². The van der Waals surface area contributed by atoms with Crippen molar-refractivity contribution >= 4 is 11.9 Å². The highest BCUT2D eigenvalue weighted by Gasteiger charge is 2.41. The molecule has 0 saturated carbocycles. The fourth-order valence-corrected chi connectivity index (χ4v) is 5.44. The molecule has 3 saturated heterocycles. The normalized spacial score (nSPS) is 23.4. The lowest BCUT2D eigenvalue weighted by atomic mass is 9.96. The van der Waals surface area contributed by atoms with Crippen molar-refractivity contribution in [2.75, 3.05) is 77.5 Å². The van der Waals surface area contributed by atoms with E-state index in [9.17, 15) is 9.18 Å². The van der Waals surface area contributed by atoms with Crippen LogP contribution in [0.3, 0.4) is 0 Å². The fraction of sp³-hybridized carbons (Fsp3) is 0.607. The maximum atomic E-state index is 13.4. The molecule has 0 radical (unpaired) electrons. The summed E-state index contributed by atoms with van der Waals surface area (Å²) in [6, 6.07) is 5.96. The molecule has 9 nitrogen and oxygen atoms in total. The highest BCUT2D eigenvalue weighted by atomic mass is 19.1. The first-order valence-corrected chi connectivity index (χ1v) is 13.7. The Balaban J connectivity index is 1.26. The van der Waals surface area contributed by atoms with E-state index in [1.54, 1.807) is 12.1 Å². The fourth-order valence-electron chi connectivity index (χ4n) is 5.44. The molecule has 1 atom stereocenters. The number of hydrogen-bond acceptors (Lipinski definition) is 8. The molecule has 3 aliphatic rings. The summed E-state index contributed by atoms with van der Waals surface area (Å²) < 4.78 is 25.8. The second kappa shape index (κ2) is 12.4. The highest BCUT2D eigenvalue weighted by molar-refractivity contribution is 5.77. The van der Waals surface area contributed by atoms with Crippen molar-refractivity contribution in [3.05, 3.63) is 48.0 Å². The van der Waals surface area contributed by atoms with Crippen LogP contribution in [0.1, 0.15) is 31.2 Å². The number of amides is 1. The van der Waals surface area contributed by atoms with Gasteiger partial charge in [0.25, 0.3) is 0 Å². The van der Waals surface area contributed by atoms with Gasteiger partial charge in [-0.2, -0.15) is 0 Å². The van der Waals surface area contributed by atoms with Gasteiger partial charge in [-0.1, -0.05) is 0 Å². The topological polar surface area (TPSA) is 74.3 Å². The van der Waals surface area contributed by atoms with Crippen molar-refractivity contribution in [2.24, 2.45) is 0 Å². The summed E-state index contributed by atoms with van der Waals surface area (Å²) >= 11 is 0. The summed E-state index contributed by atoms with van der Waals surface area (Å²) in [6.45, 7) is 7.86. The largest absolute Gasteiger partial charge is 0.491 e. The van der Waals surface area contributed by atoms with E-state index in [-0.39, 0.29) is 24.8 Å². The number of nitrogens with zero attached hydrogens (tertiary/aromatic N) is 6. The lowest BCUT2D eigenvalue weighted by molar-refractivity contribution is -0.157. The summed E-state index contributed by atoms with van der Waals surface area (Å²) in [5.41, 5.74) is 0.230. The molecular formula is C28H39FN6O3. The van der Waals surface area contributed by atoms with Gasteiger partial charge in [0.1, 0.15) is 23.8 Å². The van der Waals surface area contributed by atoms with E-state index in [1.807, 2.05) is 17.3 Å². The van der Waals surface area contributed by atoms with Crippen molar-refractivity contribution in [2.45, 2.75) is 37.8 Å². The second-order valence-electron chi connectivity index (χ2n) is 10.8. The molecule has 38 heavy (non-hydrogen) atoms. The first kappa shape index (κ1) is 26.8. The average molecular weight is 527 g/mol. The summed E-state index contributed by atoms with van der Waals surface area (Å²) in [7, 11) is 2.07. The van der Waals surface area contributed by atoms with Crippen LogP contribution >= 0.6 is 0 Å². The molecule has 2 aromatic rings. The van der Waals surface area contributed by atoms with Gasteiger partial charge in [-0.05, 0) is 50.6 Å². The minimum Gasteiger partial charge on any atom is -0.491 e. The van der Waals surface area contributed by atoms with Crippen LogP contribution in [0.5, 0.6) is 5.75 Å². The number of aromatic nitrogens is 2. The number of likely N-dealkylation sites (N-methyl/N-ethyl adjacent to an activating group) is 1. The van der Waals surface area contributed by atoms with E-state index in [0.717, 1.165) is 44.2 Å². The highest BCUT2D eigenvalue weighted by Crippen LogP contribution is 2.27. The lowest BCUT2D eigenvalue weighted by Crippen LogP contribution is -2.58. The van der Waals surface area contributed by atoms with Gasteiger partial charge in [0.15, 0.2) is 0 Å². The zero-order valence-corrected chi connectivity index (χ0v) is 22.4. The molecule has 10 heteroatoms. The van der Waals surface area contributed by atoms with Gasteiger partial charge in [0.2, 0.25) is 11.9 Å². The van der Waals surface area contributed by atoms with Crippen molar-refractivity contribution in [3.8, 4) is 5.75 Å². The number of anilines is 1. The molecule has 206 valence electrons. The third-order valence-corrected chi connectivity index (χ3v) is 7.71. The molecule has 0 bridgehead atoms. The third kappa shape index (κ3) is 6.98. The molecule has 1 unspecified atom stereocenters. The first-order chi connectivity index (χ1) is 18.5. The Bertz CT molecular complexity index is 1040. The molecule has 1 aromatic heterocycles. The predicted molar refractivity (Wildman–Crippen MR) is 143 cm³/mol. The van der Waals surface area contributed by atoms with Crippen molar-refractivity contribution in [1.29, 1.82) is 0 Å². The van der Waals surface area contributed by atoms with Crippen molar-refractivity contribution < 1.29 is 18.7 Å². The number of piperidine rings is 1. The van der Waals surface area contributed by atoms with Crippen LogP contribution in [0.4, 0.5) is 10.3 Å². The molecule has 0 N–H and O–H groups in total. The van der Waals surface area contributed by atoms with Gasteiger partial charge in [-0.15, -0.1) is 0 Å². The second-order valence-corrected chi connectivity index (χ2v) is 10.8. The zero-order chi connectivity index (χ0) is 26.4. The van der Waals surface area contributed by atoms with E-state index in [4.69, 9.17) is 9.47 Å². The number of ether oxygens (including phenoxy) is 2. The number of carbonyl (C=O) groups excluding carboxylic acids is 1. The predicted octanol–water partition coefficient (Wildman–Crippen LogP) is 2.42. The Morgan fingerprint density at radius 1 is 1.00 bits per heavy atom. The molecule has 4 heterocycles. The summed E-state index contributed by atoms with van der Waals surface area (Å²) in [6.07, 6.45) is 7.72. The van der Waals surface area contributed by atoms with E-state index < -0.39 is 5.60 Å². The van der Waals surface area contributed by atoms with Crippen LogP contribution in [-0.2, 0) is 16.1 Å². The average Bonchev–Trinajstić information content (AvgIpc) is 2.94. The number of rotatable bonds is 8. The zero-order valence-electron chi connectivity index (χ0n) is 22.4. The van der Waals surface area contributed by atoms with Gasteiger partial charge in [0.05, 0.1) is 13.0 Å². The monoisotopic (exact) mass is 526 g/mol. The molecule has 1 aromatic carbocycles. The Morgan fingerprint density at radius 3 is 2.42 bits per heavy atom. The van der Waals surface area contributed by atoms with Crippen molar-refractivity contribution in [1.82, 2.24) is 24.7 Å². The summed E-state index contributed by atoms with van der Waals surface area (Å²) in [5.74, 6) is 1.12. The Morgan fingerprint density at radius 2 is 1.71 bits per heavy atom. The smallest absolute Gasteiger partial charge is 0.225 e. The van der Waals surface area contributed by atoms with E-state index in [0.29, 0.717) is 38.5 Å². The van der Waals surface area contributed by atoms with Crippen molar-refractivity contribution in [3.63, 3.8) is 0 Å². The van der Waals surface area contributed by atoms with Gasteiger partial charge in [0, 0.05) is 76.9 Å². The number of morpholine rings is 1. The molecule has 0 spiro atoms. The minimum atomic E-state index is -0.804. The van der Waals surface area contributed by atoms with Crippen LogP contribution in [0.2, 0.25) is 0 Å². The van der Waals surface area contributed by atoms with Crippen LogP contribution in [0.15, 0.2) is 36.7 Å².